The zero-order valence-corrected chi connectivity index (χ0v) is 20.8. The van der Waals surface area contributed by atoms with E-state index in [0.29, 0.717) is 46.1 Å². The van der Waals surface area contributed by atoms with Crippen molar-refractivity contribution in [2.75, 3.05) is 65.2 Å². The number of nitrogens with one attached hydrogen (secondary N) is 2. The summed E-state index contributed by atoms with van der Waals surface area (Å²) in [6.45, 7) is 7.57. The maximum absolute atomic E-state index is 12.1. The van der Waals surface area contributed by atoms with Crippen molar-refractivity contribution < 1.29 is 42.1 Å². The third-order valence-corrected chi connectivity index (χ3v) is 5.73. The second-order valence-electron chi connectivity index (χ2n) is 7.37. The number of hydrogen-bond donors (Lipinski definition) is 3. The molecule has 0 bridgehead atoms. The number of carboxylic acids is 1. The van der Waals surface area contributed by atoms with Crippen molar-refractivity contribution in [2.24, 2.45) is 0 Å². The largest absolute Gasteiger partial charge is 0.480 e. The van der Waals surface area contributed by atoms with Crippen LogP contribution in [0.5, 0.6) is 0 Å². The highest BCUT2D eigenvalue weighted by atomic mass is 32.2. The van der Waals surface area contributed by atoms with Crippen LogP contribution in [-0.4, -0.2) is 96.6 Å². The summed E-state index contributed by atoms with van der Waals surface area (Å²) in [5, 5.41) is 11.7. The van der Waals surface area contributed by atoms with Gasteiger partial charge in [-0.1, -0.05) is 33.1 Å². The van der Waals surface area contributed by atoms with Gasteiger partial charge in [0.25, 0.3) is 0 Å². The van der Waals surface area contributed by atoms with E-state index in [1.54, 1.807) is 0 Å². The van der Waals surface area contributed by atoms with Crippen molar-refractivity contribution in [1.29, 1.82) is 0 Å². The molecule has 1 amide bonds. The van der Waals surface area contributed by atoms with Crippen LogP contribution < -0.4 is 10.0 Å². The van der Waals surface area contributed by atoms with Gasteiger partial charge in [0, 0.05) is 19.6 Å². The lowest BCUT2D eigenvalue weighted by Gasteiger charge is -2.15. The third-order valence-electron chi connectivity index (χ3n) is 4.35. The molecule has 0 aliphatic rings. The molecule has 196 valence electrons. The van der Waals surface area contributed by atoms with Crippen LogP contribution in [0.15, 0.2) is 0 Å². The Kier molecular flexibility index (Phi) is 20.4. The van der Waals surface area contributed by atoms with Crippen molar-refractivity contribution in [2.45, 2.75) is 58.4 Å². The van der Waals surface area contributed by atoms with Gasteiger partial charge in [-0.15, -0.1) is 0 Å². The molecule has 33 heavy (non-hydrogen) atoms. The smallest absolute Gasteiger partial charge is 0.321 e. The summed E-state index contributed by atoms with van der Waals surface area (Å²) in [6.07, 6.45) is 3.67. The molecular formula is C21H42N2O9S. The maximum atomic E-state index is 12.1. The minimum atomic E-state index is -3.82. The van der Waals surface area contributed by atoms with Gasteiger partial charge in [0.15, 0.2) is 0 Å². The first-order chi connectivity index (χ1) is 15.8. The fourth-order valence-electron chi connectivity index (χ4n) is 2.59. The molecule has 0 heterocycles. The Morgan fingerprint density at radius 3 is 1.88 bits per heavy atom. The van der Waals surface area contributed by atoms with Crippen LogP contribution in [0.25, 0.3) is 0 Å². The highest BCUT2D eigenvalue weighted by Crippen LogP contribution is 2.05. The minimum Gasteiger partial charge on any atom is -0.480 e. The summed E-state index contributed by atoms with van der Waals surface area (Å²) in [5.74, 6) is -1.94. The summed E-state index contributed by atoms with van der Waals surface area (Å²) in [5.41, 5.74) is 0. The first-order valence-corrected chi connectivity index (χ1v) is 13.3. The fraction of sp³-hybridized carbons (Fsp3) is 0.905. The number of ether oxygens (including phenoxy) is 4. The number of aliphatic carboxylic acids is 1. The SMILES string of the molecule is CCCCC[C@H](NS(=O)(=O)CCNC(=O)CCOCCOCCOCCOCCC)C(=O)O. The number of sulfonamides is 1. The van der Waals surface area contributed by atoms with Crippen LogP contribution in [0.2, 0.25) is 0 Å². The Labute approximate surface area is 197 Å². The molecule has 0 saturated heterocycles. The van der Waals surface area contributed by atoms with Crippen LogP contribution in [0, 0.1) is 0 Å². The monoisotopic (exact) mass is 498 g/mol. The van der Waals surface area contributed by atoms with Crippen LogP contribution in [0.4, 0.5) is 0 Å². The standard InChI is InChI=1S/C21H42N2O9S/c1-3-5-6-7-19(21(25)26)23-33(27,28)18-9-22-20(24)8-11-30-13-15-32-17-16-31-14-12-29-10-4-2/h19,23H,3-18H2,1-2H3,(H,22,24)(H,25,26)/t19-/m0/s1. The van der Waals surface area contributed by atoms with Gasteiger partial charge in [-0.05, 0) is 12.8 Å². The number of unbranched alkanes of at least 4 members (excludes halogenated alkanes) is 2. The quantitative estimate of drug-likeness (QED) is 0.165. The summed E-state index contributed by atoms with van der Waals surface area (Å²) in [6, 6.07) is -1.15. The van der Waals surface area contributed by atoms with Gasteiger partial charge in [-0.2, -0.15) is 0 Å². The summed E-state index contributed by atoms with van der Waals surface area (Å²) in [4.78, 5) is 23.0. The van der Waals surface area contributed by atoms with Gasteiger partial charge in [0.2, 0.25) is 15.9 Å². The second-order valence-corrected chi connectivity index (χ2v) is 9.25. The molecule has 0 aromatic carbocycles. The number of carbonyl (C=O) groups excluding carboxylic acids is 1. The van der Waals surface area contributed by atoms with Gasteiger partial charge in [-0.3, -0.25) is 9.59 Å². The predicted molar refractivity (Wildman–Crippen MR) is 124 cm³/mol. The Hall–Kier alpha value is -1.31. The number of amides is 1. The van der Waals surface area contributed by atoms with Gasteiger partial charge >= 0.3 is 5.97 Å². The molecule has 0 fully saturated rings. The van der Waals surface area contributed by atoms with E-state index >= 15 is 0 Å². The third kappa shape index (κ3) is 21.0. The molecular weight excluding hydrogens is 456 g/mol. The second kappa shape index (κ2) is 21.2. The molecule has 0 aromatic heterocycles. The molecule has 3 N–H and O–H groups in total. The molecule has 0 aromatic rings. The molecule has 0 radical (unpaired) electrons. The van der Waals surface area contributed by atoms with E-state index in [4.69, 9.17) is 24.1 Å². The zero-order valence-electron chi connectivity index (χ0n) is 20.0. The first kappa shape index (κ1) is 31.7. The number of hydrogen-bond acceptors (Lipinski definition) is 8. The molecule has 1 atom stereocenters. The molecule has 12 heteroatoms. The van der Waals surface area contributed by atoms with Crippen LogP contribution >= 0.6 is 0 Å². The van der Waals surface area contributed by atoms with E-state index in [0.717, 1.165) is 25.9 Å². The molecule has 0 saturated carbocycles. The Balaban J connectivity index is 3.71. The lowest BCUT2D eigenvalue weighted by Crippen LogP contribution is -2.43. The molecule has 0 unspecified atom stereocenters. The van der Waals surface area contributed by atoms with E-state index in [1.165, 1.54) is 0 Å². The highest BCUT2D eigenvalue weighted by Gasteiger charge is 2.23. The van der Waals surface area contributed by atoms with Gasteiger partial charge in [0.1, 0.15) is 6.04 Å². The topological polar surface area (TPSA) is 149 Å². The summed E-state index contributed by atoms with van der Waals surface area (Å²) < 4.78 is 47.6. The van der Waals surface area contributed by atoms with Crippen LogP contribution in [-0.2, 0) is 38.6 Å². The molecule has 0 aliphatic carbocycles. The molecule has 11 nitrogen and oxygen atoms in total. The van der Waals surface area contributed by atoms with Crippen LogP contribution in [0.3, 0.4) is 0 Å². The van der Waals surface area contributed by atoms with Gasteiger partial charge < -0.3 is 29.4 Å². The fourth-order valence-corrected chi connectivity index (χ4v) is 3.73. The Morgan fingerprint density at radius 1 is 0.818 bits per heavy atom. The summed E-state index contributed by atoms with van der Waals surface area (Å²) >= 11 is 0. The van der Waals surface area contributed by atoms with Crippen LogP contribution in [0.1, 0.15) is 52.4 Å². The van der Waals surface area contributed by atoms with Crippen molar-refractivity contribution in [3.8, 4) is 0 Å². The Bertz CT molecular complexity index is 603. The van der Waals surface area contributed by atoms with Crippen molar-refractivity contribution in [3.05, 3.63) is 0 Å². The molecule has 0 aliphatic heterocycles. The van der Waals surface area contributed by atoms with Crippen molar-refractivity contribution in [1.82, 2.24) is 10.0 Å². The number of carbonyl (C=O) groups is 2. The van der Waals surface area contributed by atoms with E-state index < -0.39 is 27.8 Å². The highest BCUT2D eigenvalue weighted by molar-refractivity contribution is 7.89. The Morgan fingerprint density at radius 2 is 1.36 bits per heavy atom. The zero-order chi connectivity index (χ0) is 24.8. The lowest BCUT2D eigenvalue weighted by atomic mass is 10.1. The molecule has 0 rings (SSSR count). The van der Waals surface area contributed by atoms with E-state index in [2.05, 4.69) is 10.0 Å². The van der Waals surface area contributed by atoms with Gasteiger partial charge in [0.05, 0.1) is 52.0 Å². The number of carboxylic acid groups (broad SMARTS) is 1. The average Bonchev–Trinajstić information content (AvgIpc) is 2.76. The van der Waals surface area contributed by atoms with E-state index in [1.807, 2.05) is 13.8 Å². The minimum absolute atomic E-state index is 0.0864. The maximum Gasteiger partial charge on any atom is 0.321 e. The average molecular weight is 499 g/mol. The normalized spacial score (nSPS) is 12.5. The first-order valence-electron chi connectivity index (χ1n) is 11.6. The molecule has 0 spiro atoms. The summed E-state index contributed by atoms with van der Waals surface area (Å²) in [7, 11) is -3.82. The predicted octanol–water partition coefficient (Wildman–Crippen LogP) is 0.922. The van der Waals surface area contributed by atoms with E-state index in [-0.39, 0.29) is 31.9 Å². The van der Waals surface area contributed by atoms with Crippen molar-refractivity contribution >= 4 is 21.9 Å². The lowest BCUT2D eigenvalue weighted by molar-refractivity contribution is -0.139. The van der Waals surface area contributed by atoms with Gasteiger partial charge in [-0.25, -0.2) is 13.1 Å². The number of rotatable bonds is 24. The van der Waals surface area contributed by atoms with Crippen molar-refractivity contribution in [3.63, 3.8) is 0 Å². The van der Waals surface area contributed by atoms with E-state index in [9.17, 15) is 18.0 Å².